The molecule has 0 bridgehead atoms. The number of imidazole rings is 1. The fourth-order valence-electron chi connectivity index (χ4n) is 2.01. The van der Waals surface area contributed by atoms with Crippen LogP contribution in [0.15, 0.2) is 15.9 Å². The smallest absolute Gasteiger partial charge is 0.339 e. The first-order valence-electron chi connectivity index (χ1n) is 5.42. The Morgan fingerprint density at radius 1 is 1.24 bits per heavy atom. The van der Waals surface area contributed by atoms with Gasteiger partial charge in [0.2, 0.25) is 0 Å². The van der Waals surface area contributed by atoms with Crippen molar-refractivity contribution in [3.63, 3.8) is 0 Å². The summed E-state index contributed by atoms with van der Waals surface area (Å²) in [6.07, 6.45) is 1.39. The summed E-state index contributed by atoms with van der Waals surface area (Å²) in [5.74, 6) is 0. The Labute approximate surface area is 95.2 Å². The number of fused-ring (bicyclic) bond motifs is 1. The van der Waals surface area contributed by atoms with Crippen molar-refractivity contribution in [3.8, 4) is 0 Å². The number of aromatic nitrogens is 4. The highest BCUT2D eigenvalue weighted by atomic mass is 16.2. The van der Waals surface area contributed by atoms with Gasteiger partial charge in [-0.2, -0.15) is 4.68 Å². The molecule has 1 fully saturated rings. The maximum absolute atomic E-state index is 12.1. The van der Waals surface area contributed by atoms with Crippen molar-refractivity contribution in [3.05, 3.63) is 27.2 Å². The molecule has 0 radical (unpaired) electrons. The molecule has 90 valence electrons. The summed E-state index contributed by atoms with van der Waals surface area (Å²) in [4.78, 5) is 33.2. The molecule has 1 aliphatic rings. The van der Waals surface area contributed by atoms with E-state index in [1.54, 1.807) is 5.01 Å². The second-order valence-electron chi connectivity index (χ2n) is 3.88. The van der Waals surface area contributed by atoms with Crippen molar-refractivity contribution in [1.82, 2.24) is 24.9 Å². The number of hydrogen-bond acceptors (Lipinski definition) is 5. The molecule has 2 aromatic heterocycles. The van der Waals surface area contributed by atoms with Gasteiger partial charge in [-0.1, -0.05) is 0 Å². The molecule has 2 aromatic rings. The minimum absolute atomic E-state index is 0.298. The number of nitrogens with one attached hydrogen (secondary N) is 3. The molecule has 8 heteroatoms. The molecule has 3 heterocycles. The van der Waals surface area contributed by atoms with Gasteiger partial charge in [-0.25, -0.2) is 9.78 Å². The molecule has 0 spiro atoms. The number of H-pyrrole nitrogens is 2. The summed E-state index contributed by atoms with van der Waals surface area (Å²) in [7, 11) is 0. The monoisotopic (exact) mass is 236 g/mol. The second kappa shape index (κ2) is 3.74. The van der Waals surface area contributed by atoms with Gasteiger partial charge >= 0.3 is 11.2 Å². The second-order valence-corrected chi connectivity index (χ2v) is 3.88. The Hall–Kier alpha value is -2.09. The third-order valence-corrected chi connectivity index (χ3v) is 2.84. The zero-order valence-corrected chi connectivity index (χ0v) is 9.06. The highest BCUT2D eigenvalue weighted by Crippen LogP contribution is 1.96. The van der Waals surface area contributed by atoms with Crippen LogP contribution in [0.25, 0.3) is 11.2 Å². The fraction of sp³-hybridized carbons (Fsp3) is 0.444. The molecular weight excluding hydrogens is 224 g/mol. The van der Waals surface area contributed by atoms with Crippen LogP contribution in [0.4, 0.5) is 0 Å². The van der Waals surface area contributed by atoms with Gasteiger partial charge < -0.3 is 15.3 Å². The van der Waals surface area contributed by atoms with E-state index in [2.05, 4.69) is 20.3 Å². The van der Waals surface area contributed by atoms with Crippen molar-refractivity contribution in [2.75, 3.05) is 31.2 Å². The predicted molar refractivity (Wildman–Crippen MR) is 61.8 cm³/mol. The van der Waals surface area contributed by atoms with E-state index in [1.165, 1.54) is 6.33 Å². The minimum Gasteiger partial charge on any atom is -0.339 e. The van der Waals surface area contributed by atoms with Gasteiger partial charge in [0.15, 0.2) is 11.2 Å². The van der Waals surface area contributed by atoms with Crippen LogP contribution < -0.4 is 21.6 Å². The van der Waals surface area contributed by atoms with Gasteiger partial charge in [0.05, 0.1) is 6.33 Å². The number of nitrogens with zero attached hydrogens (tertiary/aromatic N) is 3. The molecule has 1 aliphatic heterocycles. The topological polar surface area (TPSA) is 98.8 Å². The van der Waals surface area contributed by atoms with Crippen LogP contribution in [0.2, 0.25) is 0 Å². The third-order valence-electron chi connectivity index (χ3n) is 2.84. The number of hydrogen-bond donors (Lipinski definition) is 3. The average Bonchev–Trinajstić information content (AvgIpc) is 2.78. The van der Waals surface area contributed by atoms with E-state index in [4.69, 9.17) is 0 Å². The van der Waals surface area contributed by atoms with Gasteiger partial charge in [0.25, 0.3) is 0 Å². The van der Waals surface area contributed by atoms with Crippen LogP contribution in [-0.2, 0) is 0 Å². The van der Waals surface area contributed by atoms with E-state index in [0.29, 0.717) is 24.3 Å². The predicted octanol–water partition coefficient (Wildman–Crippen LogP) is -2.05. The van der Waals surface area contributed by atoms with Gasteiger partial charge in [-0.3, -0.25) is 9.78 Å². The van der Waals surface area contributed by atoms with Crippen LogP contribution in [-0.4, -0.2) is 45.8 Å². The van der Waals surface area contributed by atoms with Crippen LogP contribution in [0.5, 0.6) is 0 Å². The quantitative estimate of drug-likeness (QED) is 0.529. The summed E-state index contributed by atoms with van der Waals surface area (Å²) in [5, 5.41) is 4.90. The number of piperazine rings is 1. The molecule has 0 amide bonds. The lowest BCUT2D eigenvalue weighted by molar-refractivity contribution is 0.470. The third kappa shape index (κ3) is 1.53. The Bertz CT molecular complexity index is 647. The molecule has 1 saturated heterocycles. The fourth-order valence-corrected chi connectivity index (χ4v) is 2.01. The summed E-state index contributed by atoms with van der Waals surface area (Å²) in [5.41, 5.74) is -0.186. The van der Waals surface area contributed by atoms with E-state index in [0.717, 1.165) is 17.8 Å². The number of aromatic amines is 2. The van der Waals surface area contributed by atoms with Crippen molar-refractivity contribution >= 4 is 11.2 Å². The first-order valence-corrected chi connectivity index (χ1v) is 5.42. The molecule has 3 N–H and O–H groups in total. The SMILES string of the molecule is O=c1[nH]c2nc[nH]c2c(=O)n1N1CCNCC1. The van der Waals surface area contributed by atoms with Crippen molar-refractivity contribution in [2.45, 2.75) is 0 Å². The van der Waals surface area contributed by atoms with Gasteiger partial charge in [0.1, 0.15) is 0 Å². The van der Waals surface area contributed by atoms with E-state index in [1.807, 2.05) is 0 Å². The first kappa shape index (κ1) is 10.1. The Morgan fingerprint density at radius 2 is 2.00 bits per heavy atom. The Kier molecular flexibility index (Phi) is 2.22. The minimum atomic E-state index is -0.448. The average molecular weight is 236 g/mol. The number of rotatable bonds is 1. The van der Waals surface area contributed by atoms with Gasteiger partial charge in [-0.05, 0) is 0 Å². The maximum Gasteiger partial charge on any atom is 0.349 e. The van der Waals surface area contributed by atoms with Crippen LogP contribution in [0, 0.1) is 0 Å². The molecule has 8 nitrogen and oxygen atoms in total. The molecule has 17 heavy (non-hydrogen) atoms. The summed E-state index contributed by atoms with van der Waals surface area (Å²) in [6, 6.07) is 0. The molecule has 0 atom stereocenters. The normalized spacial score (nSPS) is 16.6. The van der Waals surface area contributed by atoms with E-state index >= 15 is 0 Å². The first-order chi connectivity index (χ1) is 8.27. The molecular formula is C9H12N6O2. The van der Waals surface area contributed by atoms with Crippen LogP contribution >= 0.6 is 0 Å². The maximum atomic E-state index is 12.1. The highest BCUT2D eigenvalue weighted by molar-refractivity contribution is 5.67. The van der Waals surface area contributed by atoms with Crippen molar-refractivity contribution in [1.29, 1.82) is 0 Å². The van der Waals surface area contributed by atoms with Gasteiger partial charge in [-0.15, -0.1) is 0 Å². The summed E-state index contributed by atoms with van der Waals surface area (Å²) < 4.78 is 1.14. The van der Waals surface area contributed by atoms with Crippen LogP contribution in [0.3, 0.4) is 0 Å². The molecule has 3 rings (SSSR count). The molecule has 0 saturated carbocycles. The lowest BCUT2D eigenvalue weighted by Crippen LogP contribution is -2.57. The zero-order valence-electron chi connectivity index (χ0n) is 9.06. The Balaban J connectivity index is 2.20. The van der Waals surface area contributed by atoms with Crippen LogP contribution in [0.1, 0.15) is 0 Å². The molecule has 0 aromatic carbocycles. The lowest BCUT2D eigenvalue weighted by atomic mass is 10.4. The highest BCUT2D eigenvalue weighted by Gasteiger charge is 2.16. The van der Waals surface area contributed by atoms with E-state index in [9.17, 15) is 9.59 Å². The van der Waals surface area contributed by atoms with E-state index in [-0.39, 0.29) is 5.56 Å². The summed E-state index contributed by atoms with van der Waals surface area (Å²) in [6.45, 7) is 2.77. The Morgan fingerprint density at radius 3 is 2.76 bits per heavy atom. The lowest BCUT2D eigenvalue weighted by Gasteiger charge is -2.29. The molecule has 0 aliphatic carbocycles. The summed E-state index contributed by atoms with van der Waals surface area (Å²) >= 11 is 0. The van der Waals surface area contributed by atoms with E-state index < -0.39 is 5.69 Å². The van der Waals surface area contributed by atoms with Crippen molar-refractivity contribution in [2.24, 2.45) is 0 Å². The standard InChI is InChI=1S/C9H12N6O2/c16-8-6-7(12-5-11-6)13-9(17)15(8)14-3-1-10-2-4-14/h5,10H,1-4H2,(H,11,12)(H,13,17). The van der Waals surface area contributed by atoms with Gasteiger partial charge in [0, 0.05) is 26.2 Å². The molecule has 0 unspecified atom stereocenters. The van der Waals surface area contributed by atoms with Crippen molar-refractivity contribution < 1.29 is 0 Å². The largest absolute Gasteiger partial charge is 0.349 e. The zero-order chi connectivity index (χ0) is 11.8.